The van der Waals surface area contributed by atoms with E-state index in [1.54, 1.807) is 0 Å². The highest BCUT2D eigenvalue weighted by atomic mass is 19.2. The van der Waals surface area contributed by atoms with Gasteiger partial charge in [-0.1, -0.05) is 44.2 Å². The molecule has 1 amide bonds. The van der Waals surface area contributed by atoms with Crippen LogP contribution in [0.15, 0.2) is 60.7 Å². The third kappa shape index (κ3) is 3.74. The van der Waals surface area contributed by atoms with Gasteiger partial charge in [-0.3, -0.25) is 9.89 Å². The molecule has 0 atom stereocenters. The minimum atomic E-state index is -1.07. The maximum absolute atomic E-state index is 13.4. The average molecular weight is 391 g/mol. The van der Waals surface area contributed by atoms with E-state index in [1.165, 1.54) is 11.6 Å². The zero-order chi connectivity index (χ0) is 20.5. The molecule has 0 unspecified atom stereocenters. The smallest absolute Gasteiger partial charge is 0.256 e. The fourth-order valence-electron chi connectivity index (χ4n) is 3.17. The molecule has 29 heavy (non-hydrogen) atoms. The molecule has 1 heterocycles. The van der Waals surface area contributed by atoms with Crippen molar-refractivity contribution in [1.82, 2.24) is 10.2 Å². The molecule has 0 bridgehead atoms. The van der Waals surface area contributed by atoms with E-state index in [1.807, 2.05) is 18.2 Å². The van der Waals surface area contributed by atoms with E-state index >= 15 is 0 Å². The van der Waals surface area contributed by atoms with Gasteiger partial charge in [-0.2, -0.15) is 5.10 Å². The van der Waals surface area contributed by atoms with Crippen LogP contribution in [0.2, 0.25) is 0 Å². The number of benzene rings is 3. The van der Waals surface area contributed by atoms with Crippen molar-refractivity contribution in [2.24, 2.45) is 0 Å². The molecule has 0 aliphatic carbocycles. The first-order chi connectivity index (χ1) is 13.9. The Hall–Kier alpha value is -3.54. The molecule has 146 valence electrons. The largest absolute Gasteiger partial charge is 0.305 e. The molecule has 4 nitrogen and oxygen atoms in total. The number of carbonyl (C=O) groups excluding carboxylic acids is 1. The van der Waals surface area contributed by atoms with Crippen LogP contribution in [0, 0.1) is 11.6 Å². The lowest BCUT2D eigenvalue weighted by Gasteiger charge is -2.07. The van der Waals surface area contributed by atoms with E-state index in [0.29, 0.717) is 11.7 Å². The molecule has 3 aromatic carbocycles. The fraction of sp³-hybridized carbons (Fsp3) is 0.130. The van der Waals surface area contributed by atoms with Crippen molar-refractivity contribution in [3.05, 3.63) is 83.4 Å². The monoisotopic (exact) mass is 391 g/mol. The summed E-state index contributed by atoms with van der Waals surface area (Å²) in [5.41, 5.74) is 4.16. The van der Waals surface area contributed by atoms with Crippen LogP contribution < -0.4 is 5.32 Å². The number of hydrogen-bond acceptors (Lipinski definition) is 2. The molecular weight excluding hydrogens is 372 g/mol. The predicted molar refractivity (Wildman–Crippen MR) is 110 cm³/mol. The first-order valence-corrected chi connectivity index (χ1v) is 9.27. The number of rotatable bonds is 4. The highest BCUT2D eigenvalue weighted by molar-refractivity contribution is 6.08. The van der Waals surface area contributed by atoms with Gasteiger partial charge in [0, 0.05) is 10.9 Å². The molecule has 0 fully saturated rings. The zero-order valence-corrected chi connectivity index (χ0v) is 16.0. The Morgan fingerprint density at radius 3 is 2.34 bits per heavy atom. The quantitative estimate of drug-likeness (QED) is 0.456. The number of hydrogen-bond donors (Lipinski definition) is 2. The van der Waals surface area contributed by atoms with Crippen LogP contribution in [0.1, 0.15) is 35.7 Å². The van der Waals surface area contributed by atoms with Crippen LogP contribution in [-0.2, 0) is 0 Å². The number of H-pyrrole nitrogens is 1. The van der Waals surface area contributed by atoms with Crippen molar-refractivity contribution < 1.29 is 13.6 Å². The lowest BCUT2D eigenvalue weighted by molar-refractivity contribution is 0.102. The topological polar surface area (TPSA) is 57.8 Å². The van der Waals surface area contributed by atoms with Crippen molar-refractivity contribution in [2.75, 3.05) is 5.32 Å². The van der Waals surface area contributed by atoms with Crippen LogP contribution >= 0.6 is 0 Å². The Morgan fingerprint density at radius 1 is 0.931 bits per heavy atom. The maximum Gasteiger partial charge on any atom is 0.256 e. The molecular formula is C23H19F2N3O. The highest BCUT2D eigenvalue weighted by Gasteiger charge is 2.14. The van der Waals surface area contributed by atoms with E-state index in [2.05, 4.69) is 53.6 Å². The first-order valence-electron chi connectivity index (χ1n) is 9.27. The molecule has 0 saturated carbocycles. The molecule has 0 aliphatic rings. The highest BCUT2D eigenvalue weighted by Crippen LogP contribution is 2.28. The van der Waals surface area contributed by atoms with Crippen LogP contribution in [0.3, 0.4) is 0 Å². The Kier molecular flexibility index (Phi) is 4.84. The number of halogens is 2. The van der Waals surface area contributed by atoms with Crippen molar-refractivity contribution in [3.8, 4) is 11.1 Å². The Balaban J connectivity index is 1.59. The van der Waals surface area contributed by atoms with Crippen molar-refractivity contribution in [3.63, 3.8) is 0 Å². The van der Waals surface area contributed by atoms with E-state index < -0.39 is 17.5 Å². The van der Waals surface area contributed by atoms with Crippen molar-refractivity contribution in [1.29, 1.82) is 0 Å². The van der Waals surface area contributed by atoms with Gasteiger partial charge in [0.15, 0.2) is 17.5 Å². The first kappa shape index (κ1) is 18.8. The number of anilines is 1. The van der Waals surface area contributed by atoms with E-state index in [4.69, 9.17) is 0 Å². The van der Waals surface area contributed by atoms with Gasteiger partial charge in [0.1, 0.15) is 0 Å². The number of amides is 1. The zero-order valence-electron chi connectivity index (χ0n) is 16.0. The number of nitrogens with one attached hydrogen (secondary N) is 2. The summed E-state index contributed by atoms with van der Waals surface area (Å²) in [5.74, 6) is -1.83. The number of aromatic nitrogens is 2. The molecule has 0 spiro atoms. The van der Waals surface area contributed by atoms with Crippen LogP contribution in [0.4, 0.5) is 14.6 Å². The molecule has 2 N–H and O–H groups in total. The summed E-state index contributed by atoms with van der Waals surface area (Å²) in [6.45, 7) is 4.31. The second-order valence-corrected chi connectivity index (χ2v) is 7.19. The minimum Gasteiger partial charge on any atom is -0.305 e. The summed E-state index contributed by atoms with van der Waals surface area (Å²) in [6.07, 6.45) is 0. The number of nitrogens with zero attached hydrogens (tertiary/aromatic N) is 1. The molecule has 1 aromatic heterocycles. The molecule has 6 heteroatoms. The second kappa shape index (κ2) is 7.47. The summed E-state index contributed by atoms with van der Waals surface area (Å²) in [4.78, 5) is 12.3. The van der Waals surface area contributed by atoms with Gasteiger partial charge in [-0.15, -0.1) is 0 Å². The molecule has 0 aliphatic heterocycles. The van der Waals surface area contributed by atoms with Crippen molar-refractivity contribution >= 4 is 22.6 Å². The summed E-state index contributed by atoms with van der Waals surface area (Å²) in [7, 11) is 0. The predicted octanol–water partition coefficient (Wildman–Crippen LogP) is 5.88. The fourth-order valence-corrected chi connectivity index (χ4v) is 3.17. The Labute approximate surface area is 166 Å². The van der Waals surface area contributed by atoms with Crippen LogP contribution in [0.5, 0.6) is 0 Å². The van der Waals surface area contributed by atoms with Gasteiger partial charge in [-0.25, -0.2) is 8.78 Å². The SMILES string of the molecule is CC(C)c1ccc(-c2ccc3c(NC(=O)c4ccc(F)c(F)c4)n[nH]c3c2)cc1. The maximum atomic E-state index is 13.4. The lowest BCUT2D eigenvalue weighted by atomic mass is 9.98. The lowest BCUT2D eigenvalue weighted by Crippen LogP contribution is -2.13. The summed E-state index contributed by atoms with van der Waals surface area (Å²) in [6, 6.07) is 17.2. The van der Waals surface area contributed by atoms with E-state index in [0.717, 1.165) is 34.2 Å². The molecule has 0 saturated heterocycles. The third-order valence-electron chi connectivity index (χ3n) is 4.89. The summed E-state index contributed by atoms with van der Waals surface area (Å²) < 4.78 is 26.4. The Bertz CT molecular complexity index is 1200. The van der Waals surface area contributed by atoms with Gasteiger partial charge in [-0.05, 0) is 52.9 Å². The summed E-state index contributed by atoms with van der Waals surface area (Å²) >= 11 is 0. The van der Waals surface area contributed by atoms with Gasteiger partial charge in [0.25, 0.3) is 5.91 Å². The van der Waals surface area contributed by atoms with Gasteiger partial charge < -0.3 is 5.32 Å². The van der Waals surface area contributed by atoms with E-state index in [9.17, 15) is 13.6 Å². The van der Waals surface area contributed by atoms with Gasteiger partial charge in [0.2, 0.25) is 0 Å². The standard InChI is InChI=1S/C23H19F2N3O/c1-13(2)14-3-5-15(6-4-14)16-7-9-18-21(12-16)27-28-22(18)26-23(29)17-8-10-19(24)20(25)11-17/h3-13H,1-2H3,(H2,26,27,28,29). The number of carbonyl (C=O) groups is 1. The van der Waals surface area contributed by atoms with Gasteiger partial charge >= 0.3 is 0 Å². The number of aromatic amines is 1. The minimum absolute atomic E-state index is 0.0157. The van der Waals surface area contributed by atoms with Crippen LogP contribution in [-0.4, -0.2) is 16.1 Å². The van der Waals surface area contributed by atoms with Crippen molar-refractivity contribution in [2.45, 2.75) is 19.8 Å². The molecule has 4 aromatic rings. The van der Waals surface area contributed by atoms with E-state index in [-0.39, 0.29) is 5.56 Å². The Morgan fingerprint density at radius 2 is 1.66 bits per heavy atom. The number of fused-ring (bicyclic) bond motifs is 1. The molecule has 0 radical (unpaired) electrons. The summed E-state index contributed by atoms with van der Waals surface area (Å²) in [5, 5.41) is 10.4. The second-order valence-electron chi connectivity index (χ2n) is 7.19. The van der Waals surface area contributed by atoms with Gasteiger partial charge in [0.05, 0.1) is 5.52 Å². The third-order valence-corrected chi connectivity index (χ3v) is 4.89. The normalized spacial score (nSPS) is 11.2. The molecule has 4 rings (SSSR count). The van der Waals surface area contributed by atoms with Crippen LogP contribution in [0.25, 0.3) is 22.0 Å². The average Bonchev–Trinajstić information content (AvgIpc) is 3.12.